The quantitative estimate of drug-likeness (QED) is 0.629. The molecule has 0 saturated heterocycles. The van der Waals surface area contributed by atoms with Gasteiger partial charge in [0, 0.05) is 35.3 Å². The number of hydrogen-bond acceptors (Lipinski definition) is 4. The zero-order chi connectivity index (χ0) is 20.8. The van der Waals surface area contributed by atoms with Gasteiger partial charge in [-0.25, -0.2) is 4.68 Å². The topological polar surface area (TPSA) is 73.2 Å². The first-order chi connectivity index (χ1) is 14.0. The fourth-order valence-electron chi connectivity index (χ4n) is 2.83. The molecule has 1 N–H and O–H groups in total. The molecule has 6 nitrogen and oxygen atoms in total. The monoisotopic (exact) mass is 411 g/mol. The van der Waals surface area contributed by atoms with E-state index in [-0.39, 0.29) is 17.9 Å². The van der Waals surface area contributed by atoms with Gasteiger partial charge in [0.2, 0.25) is 5.91 Å². The third-order valence-corrected chi connectivity index (χ3v) is 4.87. The van der Waals surface area contributed by atoms with Crippen molar-refractivity contribution >= 4 is 23.2 Å². The Morgan fingerprint density at radius 3 is 2.76 bits per heavy atom. The molecule has 3 aromatic rings. The Hall–Kier alpha value is -3.12. The lowest BCUT2D eigenvalue weighted by Gasteiger charge is -2.09. The van der Waals surface area contributed by atoms with Crippen LogP contribution < -0.4 is 15.6 Å². The third-order valence-electron chi connectivity index (χ3n) is 4.46. The number of ether oxygens (including phenoxy) is 1. The van der Waals surface area contributed by atoms with Crippen molar-refractivity contribution in [2.45, 2.75) is 26.3 Å². The average molecular weight is 412 g/mol. The SMILES string of the molecule is COc1cccc(-c2ccc(=O)n(CCCC(=O)Nc3ccc(C)c(Cl)c3)n2)c1. The molecule has 0 atom stereocenters. The zero-order valence-corrected chi connectivity index (χ0v) is 17.1. The Balaban J connectivity index is 1.62. The minimum Gasteiger partial charge on any atom is -0.497 e. The lowest BCUT2D eigenvalue weighted by Crippen LogP contribution is -2.23. The first-order valence-corrected chi connectivity index (χ1v) is 9.62. The fraction of sp³-hybridized carbons (Fsp3) is 0.227. The number of rotatable bonds is 7. The third kappa shape index (κ3) is 5.45. The normalized spacial score (nSPS) is 10.6. The highest BCUT2D eigenvalue weighted by Crippen LogP contribution is 2.21. The summed E-state index contributed by atoms with van der Waals surface area (Å²) in [7, 11) is 1.60. The smallest absolute Gasteiger partial charge is 0.266 e. The van der Waals surface area contributed by atoms with Gasteiger partial charge in [-0.05, 0) is 49.2 Å². The van der Waals surface area contributed by atoms with Gasteiger partial charge in [-0.15, -0.1) is 0 Å². The van der Waals surface area contributed by atoms with Crippen LogP contribution in [0.2, 0.25) is 5.02 Å². The van der Waals surface area contributed by atoms with E-state index in [1.165, 1.54) is 10.7 Å². The summed E-state index contributed by atoms with van der Waals surface area (Å²) in [4.78, 5) is 24.3. The van der Waals surface area contributed by atoms with E-state index >= 15 is 0 Å². The largest absolute Gasteiger partial charge is 0.497 e. The van der Waals surface area contributed by atoms with Crippen LogP contribution in [0.3, 0.4) is 0 Å². The van der Waals surface area contributed by atoms with E-state index in [9.17, 15) is 9.59 Å². The van der Waals surface area contributed by atoms with E-state index in [4.69, 9.17) is 16.3 Å². The Labute approximate surface area is 174 Å². The number of nitrogens with zero attached hydrogens (tertiary/aromatic N) is 2. The van der Waals surface area contributed by atoms with Crippen LogP contribution >= 0.6 is 11.6 Å². The maximum absolute atomic E-state index is 12.2. The Bertz CT molecular complexity index is 1080. The Kier molecular flexibility index (Phi) is 6.67. The second-order valence-electron chi connectivity index (χ2n) is 6.63. The van der Waals surface area contributed by atoms with E-state index in [0.717, 1.165) is 16.9 Å². The van der Waals surface area contributed by atoms with Gasteiger partial charge in [0.25, 0.3) is 5.56 Å². The molecule has 0 saturated carbocycles. The van der Waals surface area contributed by atoms with Crippen molar-refractivity contribution in [3.63, 3.8) is 0 Å². The summed E-state index contributed by atoms with van der Waals surface area (Å²) in [6.45, 7) is 2.25. The summed E-state index contributed by atoms with van der Waals surface area (Å²) in [5, 5.41) is 7.84. The molecule has 0 unspecified atom stereocenters. The molecule has 0 spiro atoms. The summed E-state index contributed by atoms with van der Waals surface area (Å²) < 4.78 is 6.62. The lowest BCUT2D eigenvalue weighted by atomic mass is 10.1. The number of carbonyl (C=O) groups excluding carboxylic acids is 1. The molecule has 1 heterocycles. The van der Waals surface area contributed by atoms with E-state index in [1.54, 1.807) is 19.2 Å². The molecule has 1 amide bonds. The lowest BCUT2D eigenvalue weighted by molar-refractivity contribution is -0.116. The van der Waals surface area contributed by atoms with Crippen molar-refractivity contribution in [2.75, 3.05) is 12.4 Å². The molecule has 150 valence electrons. The van der Waals surface area contributed by atoms with E-state index < -0.39 is 0 Å². The first kappa shape index (κ1) is 20.6. The van der Waals surface area contributed by atoms with Crippen molar-refractivity contribution in [2.24, 2.45) is 0 Å². The number of halogens is 1. The summed E-state index contributed by atoms with van der Waals surface area (Å²) >= 11 is 6.08. The number of anilines is 1. The van der Waals surface area contributed by atoms with Crippen LogP contribution in [0.25, 0.3) is 11.3 Å². The molecule has 0 radical (unpaired) electrons. The van der Waals surface area contributed by atoms with Crippen LogP contribution in [-0.4, -0.2) is 22.8 Å². The van der Waals surface area contributed by atoms with Gasteiger partial charge in [-0.1, -0.05) is 29.8 Å². The molecule has 0 fully saturated rings. The van der Waals surface area contributed by atoms with E-state index in [2.05, 4.69) is 10.4 Å². The number of nitrogens with one attached hydrogen (secondary N) is 1. The highest BCUT2D eigenvalue weighted by molar-refractivity contribution is 6.31. The molecular weight excluding hydrogens is 390 g/mol. The van der Waals surface area contributed by atoms with E-state index in [0.29, 0.717) is 29.4 Å². The maximum atomic E-state index is 12.2. The van der Waals surface area contributed by atoms with E-state index in [1.807, 2.05) is 43.3 Å². The van der Waals surface area contributed by atoms with Gasteiger partial charge in [0.15, 0.2) is 0 Å². The van der Waals surface area contributed by atoms with Crippen LogP contribution in [-0.2, 0) is 11.3 Å². The average Bonchev–Trinajstić information content (AvgIpc) is 2.72. The van der Waals surface area contributed by atoms with Crippen molar-refractivity contribution < 1.29 is 9.53 Å². The second-order valence-corrected chi connectivity index (χ2v) is 7.03. The molecule has 7 heteroatoms. The summed E-state index contributed by atoms with van der Waals surface area (Å²) in [5.41, 5.74) is 2.92. The second kappa shape index (κ2) is 9.39. The zero-order valence-electron chi connectivity index (χ0n) is 16.3. The van der Waals surface area contributed by atoms with Crippen LogP contribution in [0.4, 0.5) is 5.69 Å². The van der Waals surface area contributed by atoms with Gasteiger partial charge in [-0.3, -0.25) is 9.59 Å². The predicted octanol–water partition coefficient (Wildman–Crippen LogP) is 4.30. The number of aryl methyl sites for hydroxylation is 2. The van der Waals surface area contributed by atoms with Crippen molar-refractivity contribution in [3.05, 3.63) is 75.5 Å². The van der Waals surface area contributed by atoms with Gasteiger partial charge < -0.3 is 10.1 Å². The molecule has 0 bridgehead atoms. The van der Waals surface area contributed by atoms with Gasteiger partial charge in [0.1, 0.15) is 5.75 Å². The maximum Gasteiger partial charge on any atom is 0.266 e. The molecule has 0 aliphatic rings. The van der Waals surface area contributed by atoms with Crippen LogP contribution in [0.15, 0.2) is 59.4 Å². The standard InChI is InChI=1S/C22H22ClN3O3/c1-15-8-9-17(14-19(15)23)24-21(27)7-4-12-26-22(28)11-10-20(25-26)16-5-3-6-18(13-16)29-2/h3,5-6,8-11,13-14H,4,7,12H2,1-2H3,(H,24,27). The van der Waals surface area contributed by atoms with Crippen LogP contribution in [0, 0.1) is 6.92 Å². The molecule has 0 aliphatic carbocycles. The van der Waals surface area contributed by atoms with Crippen molar-refractivity contribution in [1.29, 1.82) is 0 Å². The van der Waals surface area contributed by atoms with Gasteiger partial charge in [0.05, 0.1) is 12.8 Å². The molecule has 0 aliphatic heterocycles. The van der Waals surface area contributed by atoms with Crippen LogP contribution in [0.1, 0.15) is 18.4 Å². The molecular formula is C22H22ClN3O3. The molecule has 1 aromatic heterocycles. The number of amides is 1. The highest BCUT2D eigenvalue weighted by atomic mass is 35.5. The molecule has 29 heavy (non-hydrogen) atoms. The summed E-state index contributed by atoms with van der Waals surface area (Å²) in [6, 6.07) is 16.0. The molecule has 3 rings (SSSR count). The first-order valence-electron chi connectivity index (χ1n) is 9.25. The number of hydrogen-bond donors (Lipinski definition) is 1. The van der Waals surface area contributed by atoms with Crippen molar-refractivity contribution in [3.8, 4) is 17.0 Å². The van der Waals surface area contributed by atoms with Gasteiger partial charge >= 0.3 is 0 Å². The van der Waals surface area contributed by atoms with Gasteiger partial charge in [-0.2, -0.15) is 5.10 Å². The van der Waals surface area contributed by atoms with Crippen molar-refractivity contribution in [1.82, 2.24) is 9.78 Å². The summed E-state index contributed by atoms with van der Waals surface area (Å²) in [5.74, 6) is 0.580. The molecule has 2 aromatic carbocycles. The van der Waals surface area contributed by atoms with Crippen LogP contribution in [0.5, 0.6) is 5.75 Å². The number of aromatic nitrogens is 2. The minimum atomic E-state index is -0.206. The fourth-order valence-corrected chi connectivity index (χ4v) is 3.01. The minimum absolute atomic E-state index is 0.137. The number of benzene rings is 2. The Morgan fingerprint density at radius 2 is 2.00 bits per heavy atom. The highest BCUT2D eigenvalue weighted by Gasteiger charge is 2.07. The summed E-state index contributed by atoms with van der Waals surface area (Å²) in [6.07, 6.45) is 0.753. The number of methoxy groups -OCH3 is 1. The number of carbonyl (C=O) groups is 1. The predicted molar refractivity (Wildman–Crippen MR) is 115 cm³/mol. The Morgan fingerprint density at radius 1 is 1.17 bits per heavy atom.